The second kappa shape index (κ2) is 5.56. The predicted octanol–water partition coefficient (Wildman–Crippen LogP) is 4.84. The highest BCUT2D eigenvalue weighted by Crippen LogP contribution is 2.33. The van der Waals surface area contributed by atoms with Crippen LogP contribution in [0, 0.1) is 0 Å². The minimum Gasteiger partial charge on any atom is -0.342 e. The number of nitrogens with zero attached hydrogens (tertiary/aromatic N) is 2. The second-order valence-electron chi connectivity index (χ2n) is 6.23. The maximum atomic E-state index is 4.67. The molecule has 2 aromatic heterocycles. The molecule has 0 amide bonds. The smallest absolute Gasteiger partial charge is 0.109 e. The molecule has 3 nitrogen and oxygen atoms in total. The molecular formula is C19H21N3. The lowest BCUT2D eigenvalue weighted by molar-refractivity contribution is 0.679. The Morgan fingerprint density at radius 1 is 1.14 bits per heavy atom. The highest BCUT2D eigenvalue weighted by Gasteiger charge is 2.20. The summed E-state index contributed by atoms with van der Waals surface area (Å²) in [4.78, 5) is 12.8. The maximum Gasteiger partial charge on any atom is 0.109 e. The predicted molar refractivity (Wildman–Crippen MR) is 89.9 cm³/mol. The molecule has 1 fully saturated rings. The molecule has 1 aliphatic rings. The quantitative estimate of drug-likeness (QED) is 0.749. The number of fused-ring (bicyclic) bond motifs is 1. The van der Waals surface area contributed by atoms with Crippen LogP contribution >= 0.6 is 0 Å². The van der Waals surface area contributed by atoms with Crippen LogP contribution in [0.5, 0.6) is 0 Å². The number of pyridine rings is 1. The first-order valence-electron chi connectivity index (χ1n) is 8.28. The normalized spacial score (nSPS) is 15.7. The number of H-pyrrole nitrogens is 1. The van der Waals surface area contributed by atoms with E-state index in [1.165, 1.54) is 36.6 Å². The van der Waals surface area contributed by atoms with E-state index in [4.69, 9.17) is 0 Å². The topological polar surface area (TPSA) is 41.6 Å². The summed E-state index contributed by atoms with van der Waals surface area (Å²) in [5.74, 6) is 1.79. The first-order valence-corrected chi connectivity index (χ1v) is 8.28. The number of aromatic nitrogens is 3. The molecule has 0 unspecified atom stereocenters. The number of hydrogen-bond donors (Lipinski definition) is 1. The molecule has 0 aliphatic heterocycles. The van der Waals surface area contributed by atoms with Crippen LogP contribution in [-0.4, -0.2) is 15.0 Å². The van der Waals surface area contributed by atoms with Gasteiger partial charge in [0.05, 0.1) is 17.4 Å². The fourth-order valence-corrected chi connectivity index (χ4v) is 3.42. The molecule has 3 aromatic rings. The number of benzene rings is 1. The van der Waals surface area contributed by atoms with Gasteiger partial charge in [0.1, 0.15) is 5.82 Å². The maximum absolute atomic E-state index is 4.67. The SMILES string of the molecule is CCc1ccc2cc(-c3cnc(C4CCCC4)[nH]3)ccc2n1. The lowest BCUT2D eigenvalue weighted by Gasteiger charge is -2.05. The number of aryl methyl sites for hydroxylation is 1. The number of rotatable bonds is 3. The van der Waals surface area contributed by atoms with Gasteiger partial charge in [-0.15, -0.1) is 0 Å². The fraction of sp³-hybridized carbons (Fsp3) is 0.368. The van der Waals surface area contributed by atoms with E-state index in [0.29, 0.717) is 5.92 Å². The molecule has 1 aromatic carbocycles. The minimum absolute atomic E-state index is 0.628. The van der Waals surface area contributed by atoms with Crippen LogP contribution < -0.4 is 0 Å². The monoisotopic (exact) mass is 291 g/mol. The molecule has 112 valence electrons. The molecule has 3 heteroatoms. The first-order chi connectivity index (χ1) is 10.8. The fourth-order valence-electron chi connectivity index (χ4n) is 3.42. The van der Waals surface area contributed by atoms with Gasteiger partial charge in [0.2, 0.25) is 0 Å². The van der Waals surface area contributed by atoms with Crippen LogP contribution in [-0.2, 0) is 6.42 Å². The zero-order chi connectivity index (χ0) is 14.9. The molecule has 0 bridgehead atoms. The van der Waals surface area contributed by atoms with E-state index < -0.39 is 0 Å². The minimum atomic E-state index is 0.628. The zero-order valence-electron chi connectivity index (χ0n) is 13.0. The largest absolute Gasteiger partial charge is 0.342 e. The van der Waals surface area contributed by atoms with Gasteiger partial charge in [-0.2, -0.15) is 0 Å². The number of aromatic amines is 1. The standard InChI is InChI=1S/C19H21N3/c1-2-16-9-7-14-11-15(8-10-17(14)21-16)18-12-20-19(22-18)13-5-3-4-6-13/h7-13H,2-6H2,1H3,(H,20,22). The van der Waals surface area contributed by atoms with Crippen molar-refractivity contribution in [1.29, 1.82) is 0 Å². The average Bonchev–Trinajstić information content (AvgIpc) is 3.24. The molecule has 1 N–H and O–H groups in total. The van der Waals surface area contributed by atoms with Gasteiger partial charge in [-0.05, 0) is 37.5 Å². The molecule has 2 heterocycles. The number of imidazole rings is 1. The summed E-state index contributed by atoms with van der Waals surface area (Å²) in [7, 11) is 0. The molecule has 0 atom stereocenters. The van der Waals surface area contributed by atoms with Crippen molar-refractivity contribution >= 4 is 10.9 Å². The van der Waals surface area contributed by atoms with Crippen molar-refractivity contribution in [2.24, 2.45) is 0 Å². The molecule has 0 radical (unpaired) electrons. The van der Waals surface area contributed by atoms with Gasteiger partial charge < -0.3 is 4.98 Å². The zero-order valence-corrected chi connectivity index (χ0v) is 13.0. The van der Waals surface area contributed by atoms with E-state index in [1.807, 2.05) is 6.20 Å². The van der Waals surface area contributed by atoms with Crippen LogP contribution in [0.4, 0.5) is 0 Å². The Balaban J connectivity index is 1.68. The van der Waals surface area contributed by atoms with Gasteiger partial charge in [0.15, 0.2) is 0 Å². The van der Waals surface area contributed by atoms with Crippen molar-refractivity contribution in [1.82, 2.24) is 15.0 Å². The molecule has 4 rings (SSSR count). The van der Waals surface area contributed by atoms with E-state index in [0.717, 1.165) is 29.1 Å². The van der Waals surface area contributed by atoms with Crippen LogP contribution in [0.3, 0.4) is 0 Å². The third kappa shape index (κ3) is 2.41. The number of hydrogen-bond acceptors (Lipinski definition) is 2. The number of nitrogens with one attached hydrogen (secondary N) is 1. The van der Waals surface area contributed by atoms with Gasteiger partial charge in [-0.3, -0.25) is 4.98 Å². The summed E-state index contributed by atoms with van der Waals surface area (Å²) in [6.07, 6.45) is 8.17. The lowest BCUT2D eigenvalue weighted by atomic mass is 10.1. The van der Waals surface area contributed by atoms with Crippen molar-refractivity contribution in [3.8, 4) is 11.3 Å². The molecule has 22 heavy (non-hydrogen) atoms. The van der Waals surface area contributed by atoms with Gasteiger partial charge in [-0.1, -0.05) is 31.9 Å². The van der Waals surface area contributed by atoms with E-state index in [1.54, 1.807) is 0 Å². The summed E-state index contributed by atoms with van der Waals surface area (Å²) < 4.78 is 0. The first kappa shape index (κ1) is 13.5. The molecule has 0 saturated heterocycles. The van der Waals surface area contributed by atoms with E-state index in [-0.39, 0.29) is 0 Å². The highest BCUT2D eigenvalue weighted by molar-refractivity contribution is 5.83. The van der Waals surface area contributed by atoms with Crippen LogP contribution in [0.1, 0.15) is 50.0 Å². The highest BCUT2D eigenvalue weighted by atomic mass is 14.9. The van der Waals surface area contributed by atoms with Gasteiger partial charge >= 0.3 is 0 Å². The Hall–Kier alpha value is -2.16. The molecule has 1 aliphatic carbocycles. The second-order valence-corrected chi connectivity index (χ2v) is 6.23. The van der Waals surface area contributed by atoms with Crippen LogP contribution in [0.25, 0.3) is 22.2 Å². The van der Waals surface area contributed by atoms with E-state index >= 15 is 0 Å². The third-order valence-corrected chi connectivity index (χ3v) is 4.76. The van der Waals surface area contributed by atoms with Gasteiger partial charge in [0, 0.05) is 22.6 Å². The third-order valence-electron chi connectivity index (χ3n) is 4.76. The van der Waals surface area contributed by atoms with Crippen molar-refractivity contribution in [3.63, 3.8) is 0 Å². The summed E-state index contributed by atoms with van der Waals surface area (Å²) in [5, 5.41) is 1.19. The average molecular weight is 291 g/mol. The van der Waals surface area contributed by atoms with Crippen molar-refractivity contribution in [2.45, 2.75) is 44.9 Å². The molecule has 0 spiro atoms. The van der Waals surface area contributed by atoms with Gasteiger partial charge in [-0.25, -0.2) is 4.98 Å². The van der Waals surface area contributed by atoms with Crippen LogP contribution in [0.15, 0.2) is 36.5 Å². The lowest BCUT2D eigenvalue weighted by Crippen LogP contribution is -1.94. The van der Waals surface area contributed by atoms with Crippen molar-refractivity contribution in [3.05, 3.63) is 48.0 Å². The van der Waals surface area contributed by atoms with Crippen molar-refractivity contribution < 1.29 is 0 Å². The summed E-state index contributed by atoms with van der Waals surface area (Å²) in [6.45, 7) is 2.14. The van der Waals surface area contributed by atoms with Crippen molar-refractivity contribution in [2.75, 3.05) is 0 Å². The summed E-state index contributed by atoms with van der Waals surface area (Å²) in [5.41, 5.74) is 4.52. The Bertz CT molecular complexity index is 797. The molecular weight excluding hydrogens is 270 g/mol. The summed E-state index contributed by atoms with van der Waals surface area (Å²) >= 11 is 0. The van der Waals surface area contributed by atoms with E-state index in [2.05, 4.69) is 52.2 Å². The summed E-state index contributed by atoms with van der Waals surface area (Å²) in [6, 6.07) is 10.7. The Labute approximate surface area is 130 Å². The van der Waals surface area contributed by atoms with Gasteiger partial charge in [0.25, 0.3) is 0 Å². The Kier molecular flexibility index (Phi) is 3.41. The Morgan fingerprint density at radius 2 is 2.00 bits per heavy atom. The van der Waals surface area contributed by atoms with Crippen LogP contribution in [0.2, 0.25) is 0 Å². The molecule has 1 saturated carbocycles. The van der Waals surface area contributed by atoms with E-state index in [9.17, 15) is 0 Å². The Morgan fingerprint density at radius 3 is 2.82 bits per heavy atom.